The summed E-state index contributed by atoms with van der Waals surface area (Å²) >= 11 is 1.92. The minimum absolute atomic E-state index is 0.00833. The van der Waals surface area contributed by atoms with E-state index in [9.17, 15) is 4.79 Å². The van der Waals surface area contributed by atoms with Crippen LogP contribution in [0.1, 0.15) is 12.8 Å². The van der Waals surface area contributed by atoms with E-state index in [4.69, 9.17) is 5.11 Å². The van der Waals surface area contributed by atoms with Crippen LogP contribution in [-0.4, -0.2) is 41.8 Å². The van der Waals surface area contributed by atoms with Gasteiger partial charge in [-0.3, -0.25) is 0 Å². The Morgan fingerprint density at radius 2 is 2.38 bits per heavy atom. The number of hydrogen-bond donors (Lipinski definition) is 3. The Labute approximate surface area is 82.5 Å². The van der Waals surface area contributed by atoms with Crippen molar-refractivity contribution in [2.24, 2.45) is 0 Å². The predicted octanol–water partition coefficient (Wildman–Crippen LogP) is 0.173. The minimum atomic E-state index is -0.179. The van der Waals surface area contributed by atoms with Gasteiger partial charge >= 0.3 is 6.03 Å². The molecule has 0 bridgehead atoms. The number of aliphatic hydroxyl groups excluding tert-OH is 1. The van der Waals surface area contributed by atoms with Gasteiger partial charge in [-0.2, -0.15) is 11.8 Å². The zero-order valence-electron chi connectivity index (χ0n) is 7.58. The van der Waals surface area contributed by atoms with Crippen LogP contribution in [0.2, 0.25) is 0 Å². The molecule has 1 fully saturated rings. The fourth-order valence-corrected chi connectivity index (χ4v) is 2.44. The van der Waals surface area contributed by atoms with Crippen LogP contribution < -0.4 is 10.6 Å². The largest absolute Gasteiger partial charge is 0.395 e. The zero-order valence-corrected chi connectivity index (χ0v) is 8.40. The van der Waals surface area contributed by atoms with Gasteiger partial charge in [0.15, 0.2) is 0 Å². The van der Waals surface area contributed by atoms with Crippen LogP contribution in [0.25, 0.3) is 0 Å². The minimum Gasteiger partial charge on any atom is -0.395 e. The topological polar surface area (TPSA) is 61.4 Å². The van der Waals surface area contributed by atoms with Crippen LogP contribution in [-0.2, 0) is 0 Å². The third kappa shape index (κ3) is 4.38. The summed E-state index contributed by atoms with van der Waals surface area (Å²) in [6, 6.07) is -0.179. The van der Waals surface area contributed by atoms with Gasteiger partial charge in [-0.25, -0.2) is 4.79 Å². The zero-order chi connectivity index (χ0) is 9.52. The Hall–Kier alpha value is -0.420. The molecular weight excluding hydrogens is 188 g/mol. The van der Waals surface area contributed by atoms with Gasteiger partial charge in [0, 0.05) is 18.3 Å². The lowest BCUT2D eigenvalue weighted by Crippen LogP contribution is -2.39. The van der Waals surface area contributed by atoms with Gasteiger partial charge in [-0.1, -0.05) is 0 Å². The van der Waals surface area contributed by atoms with Crippen LogP contribution in [0, 0.1) is 0 Å². The van der Waals surface area contributed by atoms with Gasteiger partial charge in [0.1, 0.15) is 0 Å². The Kier molecular flexibility index (Phi) is 5.00. The summed E-state index contributed by atoms with van der Waals surface area (Å²) < 4.78 is 0. The van der Waals surface area contributed by atoms with Crippen molar-refractivity contribution in [3.63, 3.8) is 0 Å². The summed E-state index contributed by atoms with van der Waals surface area (Å²) in [7, 11) is 0. The second kappa shape index (κ2) is 6.10. The van der Waals surface area contributed by atoms with E-state index in [2.05, 4.69) is 10.6 Å². The molecule has 76 valence electrons. The number of rotatable bonds is 4. The molecule has 0 aromatic carbocycles. The molecule has 13 heavy (non-hydrogen) atoms. The summed E-state index contributed by atoms with van der Waals surface area (Å²) in [5.74, 6) is 1.21. The third-order valence-corrected chi connectivity index (χ3v) is 3.31. The van der Waals surface area contributed by atoms with Gasteiger partial charge in [0.2, 0.25) is 0 Å². The highest BCUT2D eigenvalue weighted by atomic mass is 32.2. The van der Waals surface area contributed by atoms with E-state index in [0.29, 0.717) is 11.8 Å². The van der Waals surface area contributed by atoms with Gasteiger partial charge < -0.3 is 15.7 Å². The van der Waals surface area contributed by atoms with E-state index in [1.54, 1.807) is 0 Å². The van der Waals surface area contributed by atoms with Crippen LogP contribution in [0.4, 0.5) is 4.79 Å². The number of aliphatic hydroxyl groups is 1. The maximum atomic E-state index is 11.0. The first-order chi connectivity index (χ1) is 6.33. The first-order valence-corrected chi connectivity index (χ1v) is 5.62. The Bertz CT molecular complexity index is 160. The molecule has 1 rings (SSSR count). The van der Waals surface area contributed by atoms with Crippen molar-refractivity contribution in [2.45, 2.75) is 18.1 Å². The van der Waals surface area contributed by atoms with Crippen molar-refractivity contribution in [3.05, 3.63) is 0 Å². The second-order valence-corrected chi connectivity index (χ2v) is 4.40. The lowest BCUT2D eigenvalue weighted by atomic mass is 10.2. The lowest BCUT2D eigenvalue weighted by molar-refractivity contribution is 0.234. The van der Waals surface area contributed by atoms with E-state index in [-0.39, 0.29) is 12.6 Å². The van der Waals surface area contributed by atoms with Crippen LogP contribution in [0.15, 0.2) is 0 Å². The Morgan fingerprint density at radius 1 is 1.54 bits per heavy atom. The maximum absolute atomic E-state index is 11.0. The van der Waals surface area contributed by atoms with Crippen molar-refractivity contribution in [3.8, 4) is 0 Å². The molecule has 0 radical (unpaired) electrons. The van der Waals surface area contributed by atoms with E-state index >= 15 is 0 Å². The van der Waals surface area contributed by atoms with Gasteiger partial charge in [0.05, 0.1) is 6.61 Å². The highest BCUT2D eigenvalue weighted by molar-refractivity contribution is 8.00. The molecule has 0 spiro atoms. The maximum Gasteiger partial charge on any atom is 0.314 e. The molecular formula is C8H16N2O2S. The molecule has 1 saturated heterocycles. The number of amides is 2. The number of nitrogens with one attached hydrogen (secondary N) is 2. The molecule has 1 unspecified atom stereocenters. The van der Waals surface area contributed by atoms with Crippen molar-refractivity contribution in [1.82, 2.24) is 10.6 Å². The fourth-order valence-electron chi connectivity index (χ4n) is 1.24. The Morgan fingerprint density at radius 3 is 3.00 bits per heavy atom. The number of urea groups is 1. The first-order valence-electron chi connectivity index (χ1n) is 4.57. The van der Waals surface area contributed by atoms with Crippen molar-refractivity contribution >= 4 is 17.8 Å². The van der Waals surface area contributed by atoms with Gasteiger partial charge in [0.25, 0.3) is 0 Å². The smallest absolute Gasteiger partial charge is 0.314 e. The second-order valence-electron chi connectivity index (χ2n) is 3.00. The average molecular weight is 204 g/mol. The molecule has 0 aliphatic carbocycles. The highest BCUT2D eigenvalue weighted by Crippen LogP contribution is 2.24. The fraction of sp³-hybridized carbons (Fsp3) is 0.875. The standard InChI is InChI=1S/C8H16N2O2S/c11-4-3-9-8(12)10-6-7-2-1-5-13-7/h7,11H,1-6H2,(H2,9,10,12). The predicted molar refractivity (Wildman–Crippen MR) is 54.0 cm³/mol. The normalized spacial score (nSPS) is 21.5. The molecule has 1 aliphatic rings. The van der Waals surface area contributed by atoms with Crippen LogP contribution in [0.5, 0.6) is 0 Å². The highest BCUT2D eigenvalue weighted by Gasteiger charge is 2.15. The molecule has 4 nitrogen and oxygen atoms in total. The Balaban J connectivity index is 2.00. The molecule has 1 atom stereocenters. The number of carbonyl (C=O) groups is 1. The number of thioether (sulfide) groups is 1. The summed E-state index contributed by atoms with van der Waals surface area (Å²) in [5, 5.41) is 14.4. The molecule has 5 heteroatoms. The van der Waals surface area contributed by atoms with Crippen molar-refractivity contribution in [1.29, 1.82) is 0 Å². The number of hydrogen-bond acceptors (Lipinski definition) is 3. The summed E-state index contributed by atoms with van der Waals surface area (Å²) in [6.45, 7) is 1.05. The monoisotopic (exact) mass is 204 g/mol. The summed E-state index contributed by atoms with van der Waals surface area (Å²) in [5.41, 5.74) is 0. The molecule has 3 N–H and O–H groups in total. The van der Waals surface area contributed by atoms with E-state index in [0.717, 1.165) is 6.54 Å². The van der Waals surface area contributed by atoms with E-state index in [1.807, 2.05) is 11.8 Å². The molecule has 1 heterocycles. The quantitative estimate of drug-likeness (QED) is 0.612. The van der Waals surface area contributed by atoms with Crippen LogP contribution >= 0.6 is 11.8 Å². The van der Waals surface area contributed by atoms with Crippen LogP contribution in [0.3, 0.4) is 0 Å². The average Bonchev–Trinajstić information content (AvgIpc) is 2.64. The SMILES string of the molecule is O=C(NCCO)NCC1CCCS1. The van der Waals surface area contributed by atoms with E-state index < -0.39 is 0 Å². The molecule has 1 aliphatic heterocycles. The molecule has 0 aromatic heterocycles. The molecule has 0 saturated carbocycles. The lowest BCUT2D eigenvalue weighted by Gasteiger charge is -2.10. The van der Waals surface area contributed by atoms with E-state index in [1.165, 1.54) is 18.6 Å². The first kappa shape index (κ1) is 10.7. The summed E-state index contributed by atoms with van der Waals surface area (Å²) in [4.78, 5) is 11.0. The molecule has 2 amide bonds. The van der Waals surface area contributed by atoms with Crippen molar-refractivity contribution < 1.29 is 9.90 Å². The van der Waals surface area contributed by atoms with Gasteiger partial charge in [-0.15, -0.1) is 0 Å². The summed E-state index contributed by atoms with van der Waals surface area (Å²) in [6.07, 6.45) is 2.46. The van der Waals surface area contributed by atoms with Crippen molar-refractivity contribution in [2.75, 3.05) is 25.4 Å². The third-order valence-electron chi connectivity index (χ3n) is 1.91. The molecule has 0 aromatic rings. The number of carbonyl (C=O) groups excluding carboxylic acids is 1. The van der Waals surface area contributed by atoms with Gasteiger partial charge in [-0.05, 0) is 18.6 Å².